The highest BCUT2D eigenvalue weighted by atomic mass is 32.2. The Kier molecular flexibility index (Phi) is 8.13. The van der Waals surface area contributed by atoms with Crippen molar-refractivity contribution < 1.29 is 18.5 Å². The fourth-order valence-corrected chi connectivity index (χ4v) is 4.44. The molecule has 0 fully saturated rings. The highest BCUT2D eigenvalue weighted by molar-refractivity contribution is 7.84. The van der Waals surface area contributed by atoms with Crippen LogP contribution in [0.25, 0.3) is 0 Å². The Morgan fingerprint density at radius 3 is 2.55 bits per heavy atom. The fourth-order valence-electron chi connectivity index (χ4n) is 2.43. The second kappa shape index (κ2) is 10.1. The number of amides is 2. The lowest BCUT2D eigenvalue weighted by molar-refractivity contribution is -0.123. The van der Waals surface area contributed by atoms with Gasteiger partial charge in [0.15, 0.2) is 0 Å². The molecule has 8 heteroatoms. The summed E-state index contributed by atoms with van der Waals surface area (Å²) in [7, 11) is 0.566. The molecule has 0 saturated heterocycles. The van der Waals surface area contributed by atoms with Gasteiger partial charge in [0.1, 0.15) is 0 Å². The molecule has 0 radical (unpaired) electrons. The third kappa shape index (κ3) is 7.06. The number of carbonyl (C=O) groups is 2. The number of hydrogen-bond donors (Lipinski definition) is 2. The summed E-state index contributed by atoms with van der Waals surface area (Å²) < 4.78 is 17.0. The predicted octanol–water partition coefficient (Wildman–Crippen LogP) is 4.19. The van der Waals surface area contributed by atoms with Crippen molar-refractivity contribution in [2.45, 2.75) is 33.4 Å². The molecule has 0 spiro atoms. The van der Waals surface area contributed by atoms with Crippen molar-refractivity contribution in [2.24, 2.45) is 5.41 Å². The van der Waals surface area contributed by atoms with Crippen molar-refractivity contribution in [3.63, 3.8) is 0 Å². The van der Waals surface area contributed by atoms with Crippen molar-refractivity contribution in [1.29, 1.82) is 0 Å². The van der Waals surface area contributed by atoms with Crippen LogP contribution < -0.4 is 10.6 Å². The molecular weight excluding hydrogens is 408 g/mol. The number of aryl methyl sites for hydroxylation is 1. The summed E-state index contributed by atoms with van der Waals surface area (Å²) in [6.07, 6.45) is 0. The van der Waals surface area contributed by atoms with Gasteiger partial charge in [0.05, 0.1) is 16.5 Å². The summed E-state index contributed by atoms with van der Waals surface area (Å²) in [5.41, 5.74) is 1.82. The van der Waals surface area contributed by atoms with E-state index in [4.69, 9.17) is 4.74 Å². The third-order valence-electron chi connectivity index (χ3n) is 4.07. The maximum atomic E-state index is 12.7. The van der Waals surface area contributed by atoms with Crippen molar-refractivity contribution >= 4 is 44.6 Å². The number of methoxy groups -OCH3 is 1. The van der Waals surface area contributed by atoms with E-state index in [1.54, 1.807) is 19.2 Å². The van der Waals surface area contributed by atoms with E-state index in [0.717, 1.165) is 11.1 Å². The van der Waals surface area contributed by atoms with Crippen LogP contribution in [0.15, 0.2) is 30.3 Å². The molecule has 1 aromatic heterocycles. The number of carbonyl (C=O) groups excluding carboxylic acids is 2. The maximum Gasteiger partial charge on any atom is 0.266 e. The highest BCUT2D eigenvalue weighted by Gasteiger charge is 2.23. The Labute approximate surface area is 178 Å². The zero-order chi connectivity index (χ0) is 21.6. The second-order valence-electron chi connectivity index (χ2n) is 7.76. The van der Waals surface area contributed by atoms with Crippen LogP contribution in [-0.2, 0) is 26.1 Å². The Morgan fingerprint density at radius 2 is 1.90 bits per heavy atom. The van der Waals surface area contributed by atoms with Gasteiger partial charge in [-0.05, 0) is 36.2 Å². The smallest absolute Gasteiger partial charge is 0.266 e. The summed E-state index contributed by atoms with van der Waals surface area (Å²) in [6.45, 7) is 7.81. The van der Waals surface area contributed by atoms with Gasteiger partial charge in [-0.3, -0.25) is 13.8 Å². The van der Waals surface area contributed by atoms with Crippen LogP contribution in [0.3, 0.4) is 0 Å². The van der Waals surface area contributed by atoms with Crippen LogP contribution in [0.1, 0.15) is 41.6 Å². The lowest BCUT2D eigenvalue weighted by Crippen LogP contribution is -2.27. The van der Waals surface area contributed by atoms with Gasteiger partial charge in [-0.1, -0.05) is 32.9 Å². The molecule has 6 nitrogen and oxygen atoms in total. The average Bonchev–Trinajstić information content (AvgIpc) is 2.99. The Bertz CT molecular complexity index is 900. The van der Waals surface area contributed by atoms with Crippen LogP contribution >= 0.6 is 11.3 Å². The lowest BCUT2D eigenvalue weighted by Gasteiger charge is -2.16. The molecular formula is C21H28N2O4S2. The quantitative estimate of drug-likeness (QED) is 0.650. The molecule has 1 unspecified atom stereocenters. The van der Waals surface area contributed by atoms with E-state index >= 15 is 0 Å². The zero-order valence-electron chi connectivity index (χ0n) is 17.5. The molecule has 1 atom stereocenters. The van der Waals surface area contributed by atoms with Gasteiger partial charge >= 0.3 is 0 Å². The van der Waals surface area contributed by atoms with Crippen molar-refractivity contribution in [3.8, 4) is 0 Å². The molecule has 1 aromatic carbocycles. The number of hydrogen-bond acceptors (Lipinski definition) is 5. The first-order valence-electron chi connectivity index (χ1n) is 9.26. The number of benzene rings is 1. The van der Waals surface area contributed by atoms with Crippen LogP contribution in [-0.4, -0.2) is 35.5 Å². The number of rotatable bonds is 8. The summed E-state index contributed by atoms with van der Waals surface area (Å²) in [6, 6.07) is 9.14. The van der Waals surface area contributed by atoms with E-state index in [0.29, 0.717) is 33.7 Å². The summed E-state index contributed by atoms with van der Waals surface area (Å²) >= 11 is 1.25. The Hall–Kier alpha value is -2.03. The van der Waals surface area contributed by atoms with Gasteiger partial charge in [0.25, 0.3) is 5.91 Å². The predicted molar refractivity (Wildman–Crippen MR) is 120 cm³/mol. The van der Waals surface area contributed by atoms with E-state index in [-0.39, 0.29) is 11.8 Å². The van der Waals surface area contributed by atoms with Gasteiger partial charge < -0.3 is 15.4 Å². The number of ether oxygens (including phenoxy) is 1. The molecule has 0 bridgehead atoms. The molecule has 2 aromatic rings. The van der Waals surface area contributed by atoms with Gasteiger partial charge in [-0.15, -0.1) is 11.3 Å². The van der Waals surface area contributed by atoms with E-state index < -0.39 is 16.2 Å². The van der Waals surface area contributed by atoms with Gasteiger partial charge in [-0.25, -0.2) is 0 Å². The summed E-state index contributed by atoms with van der Waals surface area (Å²) in [5.74, 6) is 0.555. The minimum absolute atomic E-state index is 0.0973. The highest BCUT2D eigenvalue weighted by Crippen LogP contribution is 2.29. The molecule has 0 aliphatic rings. The topological polar surface area (TPSA) is 84.5 Å². The zero-order valence-corrected chi connectivity index (χ0v) is 19.1. The van der Waals surface area contributed by atoms with E-state index in [9.17, 15) is 13.8 Å². The molecule has 0 saturated carbocycles. The van der Waals surface area contributed by atoms with Gasteiger partial charge in [0, 0.05) is 40.5 Å². The Balaban J connectivity index is 2.06. The molecule has 1 heterocycles. The molecule has 2 rings (SSSR count). The average molecular weight is 437 g/mol. The van der Waals surface area contributed by atoms with Gasteiger partial charge in [0.2, 0.25) is 5.91 Å². The van der Waals surface area contributed by atoms with Gasteiger partial charge in [-0.2, -0.15) is 0 Å². The SMILES string of the molecule is COCCS(=O)Cc1cccc(NC(=O)c2sc(NC(=O)C(C)(C)C)cc2C)c1. The van der Waals surface area contributed by atoms with Crippen LogP contribution in [0.4, 0.5) is 10.7 Å². The standard InChI is InChI=1S/C21H28N2O4S2/c1-14-11-17(23-20(25)21(2,3)4)28-18(14)19(24)22-16-8-6-7-15(12-16)13-29(26)10-9-27-5/h6-8,11-12H,9-10,13H2,1-5H3,(H,22,24)(H,23,25). The van der Waals surface area contributed by atoms with Crippen LogP contribution in [0, 0.1) is 12.3 Å². The first-order valence-corrected chi connectivity index (χ1v) is 11.6. The minimum atomic E-state index is -1.02. The third-order valence-corrected chi connectivity index (χ3v) is 6.50. The molecule has 2 N–H and O–H groups in total. The monoisotopic (exact) mass is 436 g/mol. The van der Waals surface area contributed by atoms with Crippen LogP contribution in [0.5, 0.6) is 0 Å². The van der Waals surface area contributed by atoms with Crippen molar-refractivity contribution in [1.82, 2.24) is 0 Å². The van der Waals surface area contributed by atoms with E-state index in [1.165, 1.54) is 11.3 Å². The lowest BCUT2D eigenvalue weighted by atomic mass is 9.96. The number of thiophene rings is 1. The summed E-state index contributed by atoms with van der Waals surface area (Å²) in [5, 5.41) is 6.40. The summed E-state index contributed by atoms with van der Waals surface area (Å²) in [4.78, 5) is 25.4. The van der Waals surface area contributed by atoms with E-state index in [2.05, 4.69) is 10.6 Å². The van der Waals surface area contributed by atoms with Crippen molar-refractivity contribution in [3.05, 3.63) is 46.3 Å². The van der Waals surface area contributed by atoms with Crippen LogP contribution in [0.2, 0.25) is 0 Å². The van der Waals surface area contributed by atoms with Crippen molar-refractivity contribution in [2.75, 3.05) is 30.1 Å². The molecule has 29 heavy (non-hydrogen) atoms. The second-order valence-corrected chi connectivity index (χ2v) is 10.4. The molecule has 2 amide bonds. The largest absolute Gasteiger partial charge is 0.384 e. The normalized spacial score (nSPS) is 12.4. The van der Waals surface area contributed by atoms with E-state index in [1.807, 2.05) is 45.9 Å². The minimum Gasteiger partial charge on any atom is -0.384 e. The molecule has 0 aliphatic heterocycles. The number of nitrogens with one attached hydrogen (secondary N) is 2. The maximum absolute atomic E-state index is 12.7. The number of anilines is 2. The molecule has 158 valence electrons. The first-order chi connectivity index (χ1) is 13.6. The molecule has 0 aliphatic carbocycles. The fraction of sp³-hybridized carbons (Fsp3) is 0.429. The first kappa shape index (κ1) is 23.3. The Morgan fingerprint density at radius 1 is 1.17 bits per heavy atom.